The highest BCUT2D eigenvalue weighted by molar-refractivity contribution is 5.94. The molecule has 98 valence electrons. The predicted octanol–water partition coefficient (Wildman–Crippen LogP) is 3.15. The Morgan fingerprint density at radius 2 is 2.05 bits per heavy atom. The predicted molar refractivity (Wildman–Crippen MR) is 69.4 cm³/mol. The normalized spacial score (nSPS) is 16.4. The van der Waals surface area contributed by atoms with Crippen molar-refractivity contribution in [3.05, 3.63) is 70.5 Å². The van der Waals surface area contributed by atoms with Crippen molar-refractivity contribution in [3.8, 4) is 6.07 Å². The van der Waals surface area contributed by atoms with Crippen LogP contribution in [0.1, 0.15) is 33.2 Å². The third-order valence-corrected chi connectivity index (χ3v) is 3.35. The van der Waals surface area contributed by atoms with E-state index >= 15 is 0 Å². The Balaban J connectivity index is 1.90. The highest BCUT2D eigenvalue weighted by Crippen LogP contribution is 2.33. The fraction of sp³-hybridized carbons (Fsp3) is 0.125. The third-order valence-electron chi connectivity index (χ3n) is 3.35. The van der Waals surface area contributed by atoms with Crippen molar-refractivity contribution in [3.63, 3.8) is 0 Å². The van der Waals surface area contributed by atoms with E-state index in [1.54, 1.807) is 24.3 Å². The molecule has 3 nitrogen and oxygen atoms in total. The van der Waals surface area contributed by atoms with Gasteiger partial charge in [-0.05, 0) is 23.8 Å². The minimum absolute atomic E-state index is 0.000101. The minimum atomic E-state index is -0.542. The van der Waals surface area contributed by atoms with E-state index in [9.17, 15) is 9.18 Å². The summed E-state index contributed by atoms with van der Waals surface area (Å²) in [5, 5.41) is 8.83. The molecule has 0 spiro atoms. The van der Waals surface area contributed by atoms with Crippen molar-refractivity contribution < 1.29 is 13.9 Å². The van der Waals surface area contributed by atoms with Gasteiger partial charge in [0.2, 0.25) is 0 Å². The monoisotopic (exact) mass is 267 g/mol. The van der Waals surface area contributed by atoms with Crippen molar-refractivity contribution in [2.24, 2.45) is 0 Å². The van der Waals surface area contributed by atoms with Crippen LogP contribution in [0.2, 0.25) is 0 Å². The van der Waals surface area contributed by atoms with E-state index in [-0.39, 0.29) is 17.6 Å². The zero-order chi connectivity index (χ0) is 14.1. The Morgan fingerprint density at radius 1 is 1.25 bits per heavy atom. The average molecular weight is 267 g/mol. The Bertz CT molecular complexity index is 733. The van der Waals surface area contributed by atoms with Crippen LogP contribution in [0.3, 0.4) is 0 Å². The zero-order valence-electron chi connectivity index (χ0n) is 10.5. The number of benzene rings is 2. The summed E-state index contributed by atoms with van der Waals surface area (Å²) >= 11 is 0. The van der Waals surface area contributed by atoms with Gasteiger partial charge in [0.15, 0.2) is 0 Å². The van der Waals surface area contributed by atoms with E-state index in [1.165, 1.54) is 12.1 Å². The summed E-state index contributed by atoms with van der Waals surface area (Å²) < 4.78 is 18.6. The lowest BCUT2D eigenvalue weighted by atomic mass is 9.98. The molecule has 0 fully saturated rings. The van der Waals surface area contributed by atoms with Crippen molar-refractivity contribution in [1.82, 2.24) is 0 Å². The van der Waals surface area contributed by atoms with Crippen molar-refractivity contribution in [2.45, 2.75) is 12.5 Å². The first-order valence-electron chi connectivity index (χ1n) is 6.17. The lowest BCUT2D eigenvalue weighted by Gasteiger charge is -2.11. The average Bonchev–Trinajstić information content (AvgIpc) is 2.78. The van der Waals surface area contributed by atoms with Crippen LogP contribution in [-0.2, 0) is 11.2 Å². The number of cyclic esters (lactones) is 1. The molecule has 20 heavy (non-hydrogen) atoms. The summed E-state index contributed by atoms with van der Waals surface area (Å²) in [4.78, 5) is 11.7. The largest absolute Gasteiger partial charge is 0.454 e. The molecule has 0 saturated carbocycles. The molecule has 0 bridgehead atoms. The second-order valence-electron chi connectivity index (χ2n) is 4.61. The van der Waals surface area contributed by atoms with Gasteiger partial charge in [-0.15, -0.1) is 0 Å². The number of nitriles is 1. The second-order valence-corrected chi connectivity index (χ2v) is 4.61. The number of carbonyl (C=O) groups is 1. The fourth-order valence-corrected chi connectivity index (χ4v) is 2.37. The fourth-order valence-electron chi connectivity index (χ4n) is 2.37. The van der Waals surface area contributed by atoms with Crippen molar-refractivity contribution >= 4 is 5.97 Å². The number of hydrogen-bond donors (Lipinski definition) is 0. The second kappa shape index (κ2) is 4.78. The molecule has 1 heterocycles. The van der Waals surface area contributed by atoms with E-state index in [1.807, 2.05) is 12.1 Å². The van der Waals surface area contributed by atoms with Gasteiger partial charge in [-0.2, -0.15) is 5.26 Å². The quantitative estimate of drug-likeness (QED) is 0.785. The number of carbonyl (C=O) groups excluding carboxylic acids is 1. The van der Waals surface area contributed by atoms with Gasteiger partial charge in [0.05, 0.1) is 11.1 Å². The SMILES string of the molecule is N#Cc1cc(CC2OC(=O)c3ccccc32)ccc1F. The van der Waals surface area contributed by atoms with E-state index in [4.69, 9.17) is 10.00 Å². The smallest absolute Gasteiger partial charge is 0.339 e. The Labute approximate surface area is 115 Å². The van der Waals surface area contributed by atoms with Gasteiger partial charge in [-0.25, -0.2) is 9.18 Å². The molecule has 0 N–H and O–H groups in total. The van der Waals surface area contributed by atoms with Gasteiger partial charge in [-0.3, -0.25) is 0 Å². The Hall–Kier alpha value is -2.67. The molecule has 2 aromatic rings. The van der Waals surface area contributed by atoms with E-state index in [0.717, 1.165) is 11.1 Å². The lowest BCUT2D eigenvalue weighted by Crippen LogP contribution is -2.03. The summed E-state index contributed by atoms with van der Waals surface area (Å²) in [6.45, 7) is 0. The maximum atomic E-state index is 13.3. The van der Waals surface area contributed by atoms with Gasteiger partial charge in [-0.1, -0.05) is 24.3 Å². The van der Waals surface area contributed by atoms with Crippen LogP contribution in [-0.4, -0.2) is 5.97 Å². The van der Waals surface area contributed by atoms with Gasteiger partial charge < -0.3 is 4.74 Å². The van der Waals surface area contributed by atoms with E-state index in [2.05, 4.69) is 0 Å². The van der Waals surface area contributed by atoms with Crippen LogP contribution >= 0.6 is 0 Å². The topological polar surface area (TPSA) is 50.1 Å². The maximum Gasteiger partial charge on any atom is 0.339 e. The number of ether oxygens (including phenoxy) is 1. The highest BCUT2D eigenvalue weighted by atomic mass is 19.1. The summed E-state index contributed by atoms with van der Waals surface area (Å²) in [5.74, 6) is -0.881. The molecular weight excluding hydrogens is 257 g/mol. The van der Waals surface area contributed by atoms with E-state index < -0.39 is 5.82 Å². The van der Waals surface area contributed by atoms with Gasteiger partial charge in [0.25, 0.3) is 0 Å². The first kappa shape index (κ1) is 12.4. The molecule has 1 aliphatic rings. The minimum Gasteiger partial charge on any atom is -0.454 e. The number of hydrogen-bond acceptors (Lipinski definition) is 3. The molecule has 4 heteroatoms. The summed E-state index contributed by atoms with van der Waals surface area (Å²) in [6, 6.07) is 13.4. The molecule has 0 aliphatic carbocycles. The summed E-state index contributed by atoms with van der Waals surface area (Å²) in [6.07, 6.45) is 0.0493. The molecule has 0 radical (unpaired) electrons. The van der Waals surface area contributed by atoms with Crippen LogP contribution in [0, 0.1) is 17.1 Å². The molecule has 1 aliphatic heterocycles. The summed E-state index contributed by atoms with van der Waals surface area (Å²) in [7, 11) is 0. The molecule has 0 amide bonds. The summed E-state index contributed by atoms with van der Waals surface area (Å²) in [5.41, 5.74) is 2.16. The van der Waals surface area contributed by atoms with Crippen LogP contribution in [0.4, 0.5) is 4.39 Å². The molecule has 3 rings (SSSR count). The highest BCUT2D eigenvalue weighted by Gasteiger charge is 2.30. The third kappa shape index (κ3) is 2.04. The number of halogens is 1. The first-order valence-corrected chi connectivity index (χ1v) is 6.17. The van der Waals surface area contributed by atoms with Crippen LogP contribution in [0.5, 0.6) is 0 Å². The first-order chi connectivity index (χ1) is 9.69. The number of rotatable bonds is 2. The van der Waals surface area contributed by atoms with Gasteiger partial charge in [0.1, 0.15) is 18.0 Å². The van der Waals surface area contributed by atoms with Gasteiger partial charge >= 0.3 is 5.97 Å². The molecular formula is C16H10FNO2. The molecule has 0 aromatic heterocycles. The van der Waals surface area contributed by atoms with Crippen LogP contribution < -0.4 is 0 Å². The van der Waals surface area contributed by atoms with Crippen LogP contribution in [0.15, 0.2) is 42.5 Å². The van der Waals surface area contributed by atoms with E-state index in [0.29, 0.717) is 12.0 Å². The Morgan fingerprint density at radius 3 is 2.85 bits per heavy atom. The lowest BCUT2D eigenvalue weighted by molar-refractivity contribution is 0.0387. The molecule has 0 saturated heterocycles. The number of esters is 1. The Kier molecular flexibility index (Phi) is 2.96. The van der Waals surface area contributed by atoms with Crippen molar-refractivity contribution in [1.29, 1.82) is 5.26 Å². The molecule has 2 aromatic carbocycles. The molecule has 1 atom stereocenters. The van der Waals surface area contributed by atoms with Crippen molar-refractivity contribution in [2.75, 3.05) is 0 Å². The zero-order valence-corrected chi connectivity index (χ0v) is 10.5. The molecule has 1 unspecified atom stereocenters. The number of nitrogens with zero attached hydrogens (tertiary/aromatic N) is 1. The standard InChI is InChI=1S/C16H10FNO2/c17-14-6-5-10(7-11(14)9-18)8-15-12-3-1-2-4-13(12)16(19)20-15/h1-7,15H,8H2. The van der Waals surface area contributed by atoms with Crippen LogP contribution in [0.25, 0.3) is 0 Å². The maximum absolute atomic E-state index is 13.3. The van der Waals surface area contributed by atoms with Gasteiger partial charge in [0, 0.05) is 12.0 Å². The number of fused-ring (bicyclic) bond motifs is 1.